The van der Waals surface area contributed by atoms with Crippen LogP contribution in [0, 0.1) is 6.92 Å². The Morgan fingerprint density at radius 1 is 1.24 bits per heavy atom. The van der Waals surface area contributed by atoms with Gasteiger partial charge in [-0.25, -0.2) is 9.97 Å². The number of oxazole rings is 1. The third kappa shape index (κ3) is 4.07. The molecule has 0 spiro atoms. The number of hydrogen-bond donors (Lipinski definition) is 0. The lowest BCUT2D eigenvalue weighted by atomic mass is 10.0. The van der Waals surface area contributed by atoms with E-state index < -0.39 is 11.7 Å². The number of nitrogens with zero attached hydrogens (tertiary/aromatic N) is 4. The number of hydrogen-bond acceptors (Lipinski definition) is 4. The molecule has 0 bridgehead atoms. The van der Waals surface area contributed by atoms with Gasteiger partial charge in [-0.3, -0.25) is 4.90 Å². The van der Waals surface area contributed by atoms with Gasteiger partial charge in [-0.2, -0.15) is 13.2 Å². The van der Waals surface area contributed by atoms with Crippen molar-refractivity contribution in [2.75, 3.05) is 6.54 Å². The topological polar surface area (TPSA) is 47.1 Å². The molecule has 4 rings (SSSR count). The standard InChI is InChI=1S/C21H23F3N4O/c1-14-17(13-28-10-4-3-8-18(28)19-25-9-11-27(19)2)26-20(29-14)15-6-5-7-16(12-15)21(22,23)24/h5-7,9,11-12,18H,3-4,8,10,13H2,1-2H3/t18-/m0/s1. The summed E-state index contributed by atoms with van der Waals surface area (Å²) in [5.41, 5.74) is 0.366. The second kappa shape index (κ2) is 7.67. The molecule has 154 valence electrons. The molecule has 0 aliphatic carbocycles. The van der Waals surface area contributed by atoms with Crippen LogP contribution in [0.25, 0.3) is 11.5 Å². The fourth-order valence-electron chi connectivity index (χ4n) is 3.89. The number of aromatic nitrogens is 3. The molecule has 1 aliphatic rings. The van der Waals surface area contributed by atoms with Crippen LogP contribution in [0.2, 0.25) is 0 Å². The molecular weight excluding hydrogens is 381 g/mol. The van der Waals surface area contributed by atoms with Gasteiger partial charge in [0.25, 0.3) is 0 Å². The number of rotatable bonds is 4. The van der Waals surface area contributed by atoms with Crippen LogP contribution in [0.1, 0.15) is 48.1 Å². The normalized spacial score (nSPS) is 18.3. The summed E-state index contributed by atoms with van der Waals surface area (Å²) in [4.78, 5) is 11.4. The molecule has 0 amide bonds. The number of alkyl halides is 3. The molecule has 1 fully saturated rings. The van der Waals surface area contributed by atoms with E-state index in [0.717, 1.165) is 49.5 Å². The molecule has 1 saturated heterocycles. The van der Waals surface area contributed by atoms with Crippen molar-refractivity contribution in [2.24, 2.45) is 7.05 Å². The van der Waals surface area contributed by atoms with E-state index in [1.54, 1.807) is 19.2 Å². The van der Waals surface area contributed by atoms with Gasteiger partial charge < -0.3 is 8.98 Å². The first kappa shape index (κ1) is 19.7. The largest absolute Gasteiger partial charge is 0.441 e. The van der Waals surface area contributed by atoms with Crippen molar-refractivity contribution in [3.63, 3.8) is 0 Å². The number of halogens is 3. The summed E-state index contributed by atoms with van der Waals surface area (Å²) < 4.78 is 46.8. The maximum Gasteiger partial charge on any atom is 0.416 e. The van der Waals surface area contributed by atoms with Gasteiger partial charge in [0.05, 0.1) is 17.3 Å². The minimum Gasteiger partial charge on any atom is -0.441 e. The average molecular weight is 404 g/mol. The highest BCUT2D eigenvalue weighted by molar-refractivity contribution is 5.55. The predicted octanol–water partition coefficient (Wildman–Crippen LogP) is 5.13. The summed E-state index contributed by atoms with van der Waals surface area (Å²) in [6.45, 7) is 3.30. The third-order valence-corrected chi connectivity index (χ3v) is 5.45. The molecule has 3 heterocycles. The van der Waals surface area contributed by atoms with Crippen molar-refractivity contribution in [1.29, 1.82) is 0 Å². The summed E-state index contributed by atoms with van der Waals surface area (Å²) in [5.74, 6) is 1.86. The van der Waals surface area contributed by atoms with Crippen LogP contribution in [0.15, 0.2) is 41.1 Å². The maximum absolute atomic E-state index is 13.0. The lowest BCUT2D eigenvalue weighted by Crippen LogP contribution is -2.34. The van der Waals surface area contributed by atoms with Crippen LogP contribution in [0.3, 0.4) is 0 Å². The Labute approximate surface area is 167 Å². The fraction of sp³-hybridized carbons (Fsp3) is 0.429. The number of imidazole rings is 1. The Hall–Kier alpha value is -2.61. The highest BCUT2D eigenvalue weighted by atomic mass is 19.4. The first-order valence-corrected chi connectivity index (χ1v) is 9.68. The molecule has 1 aliphatic heterocycles. The number of piperidine rings is 1. The SMILES string of the molecule is Cc1oc(-c2cccc(C(F)(F)F)c2)nc1CN1CCCC[C@H]1c1nccn1C. The molecule has 3 aromatic rings. The summed E-state index contributed by atoms with van der Waals surface area (Å²) in [6.07, 6.45) is 2.59. The van der Waals surface area contributed by atoms with Crippen LogP contribution in [-0.2, 0) is 19.8 Å². The smallest absolute Gasteiger partial charge is 0.416 e. The molecular formula is C21H23F3N4O. The molecule has 29 heavy (non-hydrogen) atoms. The summed E-state index contributed by atoms with van der Waals surface area (Å²) in [6, 6.07) is 5.27. The molecule has 2 aromatic heterocycles. The van der Waals surface area contributed by atoms with Crippen LogP contribution < -0.4 is 0 Å². The Morgan fingerprint density at radius 3 is 2.79 bits per heavy atom. The zero-order valence-electron chi connectivity index (χ0n) is 16.4. The van der Waals surface area contributed by atoms with Gasteiger partial charge in [-0.15, -0.1) is 0 Å². The van der Waals surface area contributed by atoms with Gasteiger partial charge >= 0.3 is 6.18 Å². The average Bonchev–Trinajstić information content (AvgIpc) is 3.27. The summed E-state index contributed by atoms with van der Waals surface area (Å²) in [7, 11) is 1.99. The molecule has 0 unspecified atom stereocenters. The van der Waals surface area contributed by atoms with Crippen molar-refractivity contribution in [3.05, 3.63) is 59.5 Å². The predicted molar refractivity (Wildman–Crippen MR) is 102 cm³/mol. The van der Waals surface area contributed by atoms with E-state index in [2.05, 4.69) is 14.9 Å². The summed E-state index contributed by atoms with van der Waals surface area (Å²) in [5, 5.41) is 0. The van der Waals surface area contributed by atoms with Crippen molar-refractivity contribution >= 4 is 0 Å². The molecule has 8 heteroatoms. The zero-order chi connectivity index (χ0) is 20.6. The van der Waals surface area contributed by atoms with E-state index in [-0.39, 0.29) is 11.9 Å². The number of benzene rings is 1. The van der Waals surface area contributed by atoms with Crippen LogP contribution >= 0.6 is 0 Å². The van der Waals surface area contributed by atoms with Gasteiger partial charge in [0.2, 0.25) is 5.89 Å². The van der Waals surface area contributed by atoms with Gasteiger partial charge in [0.15, 0.2) is 0 Å². The zero-order valence-corrected chi connectivity index (χ0v) is 16.4. The van der Waals surface area contributed by atoms with Crippen molar-refractivity contribution in [1.82, 2.24) is 19.4 Å². The molecule has 1 aromatic carbocycles. The Balaban J connectivity index is 1.59. The monoisotopic (exact) mass is 404 g/mol. The highest BCUT2D eigenvalue weighted by Crippen LogP contribution is 2.34. The second-order valence-corrected chi connectivity index (χ2v) is 7.48. The molecule has 0 radical (unpaired) electrons. The van der Waals surface area contributed by atoms with Crippen molar-refractivity contribution in [3.8, 4) is 11.5 Å². The van der Waals surface area contributed by atoms with E-state index >= 15 is 0 Å². The van der Waals surface area contributed by atoms with E-state index in [4.69, 9.17) is 4.42 Å². The lowest BCUT2D eigenvalue weighted by molar-refractivity contribution is -0.137. The summed E-state index contributed by atoms with van der Waals surface area (Å²) >= 11 is 0. The highest BCUT2D eigenvalue weighted by Gasteiger charge is 2.31. The van der Waals surface area contributed by atoms with Gasteiger partial charge in [-0.1, -0.05) is 12.5 Å². The number of likely N-dealkylation sites (tertiary alicyclic amines) is 1. The maximum atomic E-state index is 13.0. The molecule has 1 atom stereocenters. The second-order valence-electron chi connectivity index (χ2n) is 7.48. The van der Waals surface area contributed by atoms with Gasteiger partial charge in [-0.05, 0) is 44.5 Å². The molecule has 0 saturated carbocycles. The Kier molecular flexibility index (Phi) is 5.21. The fourth-order valence-corrected chi connectivity index (χ4v) is 3.89. The van der Waals surface area contributed by atoms with Crippen molar-refractivity contribution in [2.45, 2.75) is 44.9 Å². The van der Waals surface area contributed by atoms with E-state index in [1.807, 2.05) is 17.8 Å². The lowest BCUT2D eigenvalue weighted by Gasteiger charge is -2.34. The quantitative estimate of drug-likeness (QED) is 0.605. The van der Waals surface area contributed by atoms with Crippen LogP contribution in [0.4, 0.5) is 13.2 Å². The van der Waals surface area contributed by atoms with E-state index in [9.17, 15) is 13.2 Å². The minimum atomic E-state index is -4.40. The first-order valence-electron chi connectivity index (χ1n) is 9.68. The Bertz CT molecular complexity index is 992. The molecule has 0 N–H and O–H groups in total. The minimum absolute atomic E-state index is 0.192. The van der Waals surface area contributed by atoms with E-state index in [0.29, 0.717) is 17.9 Å². The van der Waals surface area contributed by atoms with Crippen LogP contribution in [0.5, 0.6) is 0 Å². The van der Waals surface area contributed by atoms with Gasteiger partial charge in [0, 0.05) is 31.5 Å². The van der Waals surface area contributed by atoms with E-state index in [1.165, 1.54) is 6.07 Å². The first-order chi connectivity index (χ1) is 13.8. The Morgan fingerprint density at radius 2 is 2.07 bits per heavy atom. The number of aryl methyl sites for hydroxylation is 2. The van der Waals surface area contributed by atoms with Crippen molar-refractivity contribution < 1.29 is 17.6 Å². The molecule has 5 nitrogen and oxygen atoms in total. The third-order valence-electron chi connectivity index (χ3n) is 5.45. The van der Waals surface area contributed by atoms with Gasteiger partial charge in [0.1, 0.15) is 11.6 Å². The van der Waals surface area contributed by atoms with Crippen LogP contribution in [-0.4, -0.2) is 26.0 Å².